The molecule has 1 fully saturated rings. The van der Waals surface area contributed by atoms with Crippen molar-refractivity contribution < 1.29 is 19.2 Å². The molecular weight excluding hydrogens is 482 g/mol. The minimum atomic E-state index is -0.835. The van der Waals surface area contributed by atoms with E-state index in [0.29, 0.717) is 19.4 Å². The van der Waals surface area contributed by atoms with Gasteiger partial charge in [-0.15, -0.1) is 0 Å². The smallest absolute Gasteiger partial charge is 0.243 e. The van der Waals surface area contributed by atoms with Crippen molar-refractivity contribution in [2.24, 2.45) is 11.7 Å². The lowest BCUT2D eigenvalue weighted by atomic mass is 10.00. The summed E-state index contributed by atoms with van der Waals surface area (Å²) in [5.74, 6) is -1.06. The van der Waals surface area contributed by atoms with E-state index in [9.17, 15) is 19.2 Å². The molecule has 4 amide bonds. The number of likely N-dealkylation sites (tertiary alicyclic amines) is 1. The summed E-state index contributed by atoms with van der Waals surface area (Å²) < 4.78 is 0. The summed E-state index contributed by atoms with van der Waals surface area (Å²) in [6.45, 7) is 6.53. The number of hydrogen-bond acceptors (Lipinski definition) is 5. The van der Waals surface area contributed by atoms with E-state index < -0.39 is 18.1 Å². The Morgan fingerprint density at radius 3 is 2.29 bits per heavy atom. The van der Waals surface area contributed by atoms with Crippen LogP contribution in [0.4, 0.5) is 0 Å². The molecule has 1 saturated heterocycles. The molecule has 3 atom stereocenters. The van der Waals surface area contributed by atoms with Crippen molar-refractivity contribution in [1.29, 1.82) is 0 Å². The van der Waals surface area contributed by atoms with E-state index in [4.69, 9.17) is 5.73 Å². The van der Waals surface area contributed by atoms with Gasteiger partial charge in [-0.1, -0.05) is 56.3 Å². The molecule has 0 bridgehead atoms. The molecule has 0 aromatic heterocycles. The van der Waals surface area contributed by atoms with Crippen LogP contribution in [0.5, 0.6) is 0 Å². The third-order valence-corrected chi connectivity index (χ3v) is 7.20. The van der Waals surface area contributed by atoms with Gasteiger partial charge >= 0.3 is 0 Å². The van der Waals surface area contributed by atoms with Crippen molar-refractivity contribution >= 4 is 34.4 Å². The maximum absolute atomic E-state index is 13.4. The molecule has 206 valence electrons. The summed E-state index contributed by atoms with van der Waals surface area (Å²) in [5, 5.41) is 10.5. The average Bonchev–Trinajstić information content (AvgIpc) is 3.41. The zero-order chi connectivity index (χ0) is 27.7. The fraction of sp³-hybridized carbons (Fsp3) is 0.517. The van der Waals surface area contributed by atoms with Gasteiger partial charge in [-0.25, -0.2) is 0 Å². The minimum absolute atomic E-state index is 0.00746. The third kappa shape index (κ3) is 7.54. The van der Waals surface area contributed by atoms with Crippen LogP contribution in [0.1, 0.15) is 52.0 Å². The topological polar surface area (TPSA) is 134 Å². The molecule has 2 aromatic carbocycles. The van der Waals surface area contributed by atoms with E-state index in [-0.39, 0.29) is 42.6 Å². The first-order valence-electron chi connectivity index (χ1n) is 13.6. The van der Waals surface area contributed by atoms with Gasteiger partial charge in [-0.3, -0.25) is 19.2 Å². The van der Waals surface area contributed by atoms with Crippen molar-refractivity contribution in [2.45, 2.75) is 71.0 Å². The molecule has 1 heterocycles. The van der Waals surface area contributed by atoms with Crippen molar-refractivity contribution in [3.63, 3.8) is 0 Å². The van der Waals surface area contributed by atoms with Crippen molar-refractivity contribution in [1.82, 2.24) is 20.9 Å². The van der Waals surface area contributed by atoms with Gasteiger partial charge in [-0.2, -0.15) is 0 Å². The molecule has 2 aromatic rings. The van der Waals surface area contributed by atoms with Crippen LogP contribution in [-0.4, -0.2) is 66.3 Å². The van der Waals surface area contributed by atoms with Gasteiger partial charge in [0, 0.05) is 32.0 Å². The number of benzene rings is 2. The van der Waals surface area contributed by atoms with Gasteiger partial charge in [0.05, 0.1) is 6.04 Å². The summed E-state index contributed by atoms with van der Waals surface area (Å²) in [7, 11) is 0. The maximum atomic E-state index is 13.4. The van der Waals surface area contributed by atoms with Crippen LogP contribution >= 0.6 is 0 Å². The summed E-state index contributed by atoms with van der Waals surface area (Å²) >= 11 is 0. The quantitative estimate of drug-likeness (QED) is 0.315. The van der Waals surface area contributed by atoms with Gasteiger partial charge in [0.25, 0.3) is 0 Å². The lowest BCUT2D eigenvalue weighted by molar-refractivity contribution is -0.142. The van der Waals surface area contributed by atoms with Crippen LogP contribution in [0, 0.1) is 5.92 Å². The molecule has 0 aliphatic carbocycles. The second kappa shape index (κ2) is 13.9. The Hall–Kier alpha value is -3.46. The zero-order valence-corrected chi connectivity index (χ0v) is 22.7. The molecule has 38 heavy (non-hydrogen) atoms. The fourth-order valence-corrected chi connectivity index (χ4v) is 4.91. The highest BCUT2D eigenvalue weighted by Crippen LogP contribution is 2.23. The fourth-order valence-electron chi connectivity index (χ4n) is 4.91. The molecule has 0 radical (unpaired) electrons. The van der Waals surface area contributed by atoms with Crippen LogP contribution in [0.25, 0.3) is 10.8 Å². The Bertz CT molecular complexity index is 1130. The predicted molar refractivity (Wildman–Crippen MR) is 148 cm³/mol. The van der Waals surface area contributed by atoms with E-state index in [1.165, 1.54) is 0 Å². The predicted octanol–water partition coefficient (Wildman–Crippen LogP) is 1.87. The van der Waals surface area contributed by atoms with Gasteiger partial charge in [0.2, 0.25) is 23.6 Å². The number of nitrogens with one attached hydrogen (secondary N) is 3. The Morgan fingerprint density at radius 1 is 0.974 bits per heavy atom. The molecule has 9 nitrogen and oxygen atoms in total. The van der Waals surface area contributed by atoms with Crippen LogP contribution < -0.4 is 21.7 Å². The van der Waals surface area contributed by atoms with Crippen LogP contribution in [0.15, 0.2) is 42.5 Å². The summed E-state index contributed by atoms with van der Waals surface area (Å²) in [4.78, 5) is 53.1. The van der Waals surface area contributed by atoms with E-state index in [1.54, 1.807) is 11.8 Å². The van der Waals surface area contributed by atoms with Crippen molar-refractivity contribution in [3.8, 4) is 0 Å². The highest BCUT2D eigenvalue weighted by Gasteiger charge is 2.37. The van der Waals surface area contributed by atoms with Crippen LogP contribution in [-0.2, 0) is 25.6 Å². The third-order valence-electron chi connectivity index (χ3n) is 7.20. The number of nitrogens with two attached hydrogens (primary N) is 1. The second-order valence-corrected chi connectivity index (χ2v) is 10.0. The van der Waals surface area contributed by atoms with E-state index in [2.05, 4.69) is 16.0 Å². The lowest BCUT2D eigenvalue weighted by Gasteiger charge is -2.29. The molecule has 9 heteroatoms. The molecule has 0 spiro atoms. The molecule has 3 unspecified atom stereocenters. The van der Waals surface area contributed by atoms with Gasteiger partial charge in [0.15, 0.2) is 0 Å². The Kier molecular flexibility index (Phi) is 10.6. The summed E-state index contributed by atoms with van der Waals surface area (Å²) in [5.41, 5.74) is 6.47. The maximum Gasteiger partial charge on any atom is 0.243 e. The second-order valence-electron chi connectivity index (χ2n) is 10.0. The van der Waals surface area contributed by atoms with Crippen LogP contribution in [0.3, 0.4) is 0 Å². The number of nitrogens with zero attached hydrogens (tertiary/aromatic N) is 1. The first-order chi connectivity index (χ1) is 18.2. The van der Waals surface area contributed by atoms with Gasteiger partial charge in [0.1, 0.15) is 12.1 Å². The molecular formula is C29H41N5O4. The monoisotopic (exact) mass is 523 g/mol. The normalized spacial score (nSPS) is 16.8. The number of carbonyl (C=O) groups excluding carboxylic acids is 4. The average molecular weight is 524 g/mol. The lowest BCUT2D eigenvalue weighted by Crippen LogP contribution is -2.55. The molecule has 1 aliphatic rings. The molecule has 3 rings (SSSR count). The highest BCUT2D eigenvalue weighted by atomic mass is 16.2. The van der Waals surface area contributed by atoms with E-state index in [1.807, 2.05) is 56.3 Å². The molecule has 5 N–H and O–H groups in total. The SMILES string of the molecule is CCC(CC)C(=O)N1CCCC1C(=O)NC(Cc1ccc2ccccc2c1)C(=O)NCCNC(=O)C(C)N. The van der Waals surface area contributed by atoms with Crippen molar-refractivity contribution in [3.05, 3.63) is 48.0 Å². The first-order valence-corrected chi connectivity index (χ1v) is 13.6. The number of fused-ring (bicyclic) bond motifs is 1. The summed E-state index contributed by atoms with van der Waals surface area (Å²) in [6.07, 6.45) is 3.08. The molecule has 0 saturated carbocycles. The van der Waals surface area contributed by atoms with Crippen LogP contribution in [0.2, 0.25) is 0 Å². The standard InChI is InChI=1S/C29H41N5O4/c1-4-21(5-2)29(38)34-16-8-11-25(34)28(37)33-24(27(36)32-15-14-31-26(35)19(3)30)18-20-12-13-22-9-6-7-10-23(22)17-20/h6-7,9-10,12-13,17,19,21,24-25H,4-5,8,11,14-16,18,30H2,1-3H3,(H,31,35)(H,32,36)(H,33,37). The van der Waals surface area contributed by atoms with Gasteiger partial charge < -0.3 is 26.6 Å². The number of rotatable bonds is 12. The number of amides is 4. The Morgan fingerprint density at radius 2 is 1.63 bits per heavy atom. The molecule has 1 aliphatic heterocycles. The van der Waals surface area contributed by atoms with Gasteiger partial charge in [-0.05, 0) is 48.9 Å². The Labute approximate surface area is 224 Å². The Balaban J connectivity index is 1.73. The zero-order valence-electron chi connectivity index (χ0n) is 22.7. The summed E-state index contributed by atoms with van der Waals surface area (Å²) in [6, 6.07) is 11.9. The van der Waals surface area contributed by atoms with E-state index >= 15 is 0 Å². The first kappa shape index (κ1) is 29.1. The van der Waals surface area contributed by atoms with Crippen molar-refractivity contribution in [2.75, 3.05) is 19.6 Å². The highest BCUT2D eigenvalue weighted by molar-refractivity contribution is 5.93. The van der Waals surface area contributed by atoms with E-state index in [0.717, 1.165) is 35.6 Å². The number of carbonyl (C=O) groups is 4. The number of hydrogen-bond donors (Lipinski definition) is 4. The largest absolute Gasteiger partial charge is 0.353 e. The minimum Gasteiger partial charge on any atom is -0.353 e.